The van der Waals surface area contributed by atoms with Crippen LogP contribution in [0.1, 0.15) is 24.5 Å². The summed E-state index contributed by atoms with van der Waals surface area (Å²) in [5, 5.41) is 10.3. The van der Waals surface area contributed by atoms with E-state index in [0.717, 1.165) is 10.6 Å². The van der Waals surface area contributed by atoms with E-state index in [0.29, 0.717) is 5.56 Å². The Morgan fingerprint density at radius 2 is 1.63 bits per heavy atom. The van der Waals surface area contributed by atoms with Crippen molar-refractivity contribution in [1.82, 2.24) is 5.06 Å². The Morgan fingerprint density at radius 1 is 0.967 bits per heavy atom. The molecule has 160 valence electrons. The molecule has 0 heterocycles. The van der Waals surface area contributed by atoms with Gasteiger partial charge in [0.15, 0.2) is 6.04 Å². The summed E-state index contributed by atoms with van der Waals surface area (Å²) >= 11 is 0. The third kappa shape index (κ3) is 6.89. The third-order valence-corrected chi connectivity index (χ3v) is 4.19. The van der Waals surface area contributed by atoms with Crippen LogP contribution in [0.25, 0.3) is 0 Å². The van der Waals surface area contributed by atoms with Crippen molar-refractivity contribution < 1.29 is 33.8 Å². The van der Waals surface area contributed by atoms with Crippen molar-refractivity contribution in [2.75, 3.05) is 13.7 Å². The molecule has 1 unspecified atom stereocenters. The lowest BCUT2D eigenvalue weighted by Gasteiger charge is -2.27. The molecule has 0 radical (unpaired) electrons. The van der Waals surface area contributed by atoms with Gasteiger partial charge in [-0.3, -0.25) is 14.4 Å². The Balaban J connectivity index is 2.05. The number of phenolic OH excluding ortho intramolecular Hbond substituents is 1. The maximum Gasteiger partial charge on any atom is 0.331 e. The van der Waals surface area contributed by atoms with E-state index in [1.54, 1.807) is 31.2 Å². The summed E-state index contributed by atoms with van der Waals surface area (Å²) in [6.45, 7) is 1.81. The van der Waals surface area contributed by atoms with Crippen molar-refractivity contribution in [2.24, 2.45) is 0 Å². The summed E-state index contributed by atoms with van der Waals surface area (Å²) in [7, 11) is 1.23. The van der Waals surface area contributed by atoms with E-state index in [2.05, 4.69) is 0 Å². The fourth-order valence-electron chi connectivity index (χ4n) is 2.75. The number of hydroxylamine groups is 2. The number of hydrogen-bond donors (Lipinski definition) is 1. The van der Waals surface area contributed by atoms with Gasteiger partial charge in [0.25, 0.3) is 5.91 Å². The number of hydrogen-bond acceptors (Lipinski definition) is 7. The molecule has 0 aliphatic carbocycles. The Hall–Kier alpha value is -3.39. The summed E-state index contributed by atoms with van der Waals surface area (Å²) < 4.78 is 10.2. The number of amides is 1. The Labute approximate surface area is 174 Å². The molecule has 1 amide bonds. The molecular formula is C22H25NO7. The van der Waals surface area contributed by atoms with Gasteiger partial charge in [-0.25, -0.2) is 9.86 Å². The predicted octanol–water partition coefficient (Wildman–Crippen LogP) is 2.39. The Morgan fingerprint density at radius 3 is 2.23 bits per heavy atom. The van der Waals surface area contributed by atoms with Gasteiger partial charge < -0.3 is 14.6 Å². The fraction of sp³-hybridized carbons (Fsp3) is 0.318. The molecule has 0 aromatic heterocycles. The molecule has 1 atom stereocenters. The molecule has 0 saturated heterocycles. The molecule has 2 aromatic carbocycles. The van der Waals surface area contributed by atoms with E-state index in [4.69, 9.17) is 14.3 Å². The van der Waals surface area contributed by atoms with E-state index < -0.39 is 30.3 Å². The predicted molar refractivity (Wildman–Crippen MR) is 107 cm³/mol. The van der Waals surface area contributed by atoms with E-state index in [1.807, 2.05) is 18.2 Å². The first-order valence-corrected chi connectivity index (χ1v) is 9.44. The Bertz CT molecular complexity index is 836. The average Bonchev–Trinajstić information content (AvgIpc) is 2.74. The first kappa shape index (κ1) is 22.9. The van der Waals surface area contributed by atoms with E-state index >= 15 is 0 Å². The van der Waals surface area contributed by atoms with Crippen LogP contribution in [0, 0.1) is 0 Å². The van der Waals surface area contributed by atoms with Crippen molar-refractivity contribution in [3.63, 3.8) is 0 Å². The maximum absolute atomic E-state index is 12.6. The van der Waals surface area contributed by atoms with E-state index in [9.17, 15) is 19.5 Å². The van der Waals surface area contributed by atoms with Crippen LogP contribution in [-0.2, 0) is 41.7 Å². The number of phenols is 1. The minimum Gasteiger partial charge on any atom is -0.508 e. The van der Waals surface area contributed by atoms with Gasteiger partial charge in [-0.15, -0.1) is 0 Å². The second-order valence-corrected chi connectivity index (χ2v) is 6.36. The van der Waals surface area contributed by atoms with Crippen LogP contribution in [-0.4, -0.2) is 47.8 Å². The number of aromatic hydroxyl groups is 1. The van der Waals surface area contributed by atoms with Crippen LogP contribution in [0.5, 0.6) is 5.75 Å². The normalized spacial score (nSPS) is 11.4. The highest BCUT2D eigenvalue weighted by atomic mass is 16.7. The van der Waals surface area contributed by atoms with Crippen LogP contribution in [0.4, 0.5) is 0 Å². The summed E-state index contributed by atoms with van der Waals surface area (Å²) in [6, 6.07) is 14.1. The summed E-state index contributed by atoms with van der Waals surface area (Å²) in [5.41, 5.74) is 1.46. The number of carbonyl (C=O) groups is 3. The van der Waals surface area contributed by atoms with Crippen molar-refractivity contribution in [3.8, 4) is 5.75 Å². The highest BCUT2D eigenvalue weighted by Crippen LogP contribution is 2.16. The number of esters is 2. The molecule has 0 saturated carbocycles. The van der Waals surface area contributed by atoms with Gasteiger partial charge in [0.05, 0.1) is 13.7 Å². The fourth-order valence-corrected chi connectivity index (χ4v) is 2.75. The monoisotopic (exact) mass is 415 g/mol. The van der Waals surface area contributed by atoms with Crippen LogP contribution < -0.4 is 0 Å². The van der Waals surface area contributed by atoms with Crippen molar-refractivity contribution in [2.45, 2.75) is 32.4 Å². The molecule has 1 N–H and O–H groups in total. The van der Waals surface area contributed by atoms with Crippen molar-refractivity contribution >= 4 is 17.8 Å². The summed E-state index contributed by atoms with van der Waals surface area (Å²) in [5.74, 6) is -2.06. The molecule has 0 fully saturated rings. The second-order valence-electron chi connectivity index (χ2n) is 6.36. The summed E-state index contributed by atoms with van der Waals surface area (Å²) in [4.78, 5) is 42.3. The van der Waals surface area contributed by atoms with Crippen LogP contribution in [0.3, 0.4) is 0 Å². The highest BCUT2D eigenvalue weighted by Gasteiger charge is 2.33. The lowest BCUT2D eigenvalue weighted by atomic mass is 10.1. The zero-order valence-electron chi connectivity index (χ0n) is 16.9. The zero-order chi connectivity index (χ0) is 21.9. The van der Waals surface area contributed by atoms with Gasteiger partial charge in [0.2, 0.25) is 0 Å². The van der Waals surface area contributed by atoms with Gasteiger partial charge in [0, 0.05) is 6.42 Å². The number of rotatable bonds is 10. The number of carbonyl (C=O) groups excluding carboxylic acids is 3. The van der Waals surface area contributed by atoms with Crippen LogP contribution in [0.15, 0.2) is 54.6 Å². The van der Waals surface area contributed by atoms with Gasteiger partial charge in [-0.05, 0) is 30.2 Å². The van der Waals surface area contributed by atoms with Crippen molar-refractivity contribution in [1.29, 1.82) is 0 Å². The smallest absolute Gasteiger partial charge is 0.331 e. The van der Waals surface area contributed by atoms with E-state index in [1.165, 1.54) is 19.2 Å². The minimum absolute atomic E-state index is 0.0365. The average molecular weight is 415 g/mol. The van der Waals surface area contributed by atoms with Gasteiger partial charge in [-0.1, -0.05) is 42.5 Å². The number of benzene rings is 2. The first-order chi connectivity index (χ1) is 14.4. The van der Waals surface area contributed by atoms with Crippen LogP contribution in [0.2, 0.25) is 0 Å². The number of nitrogens with zero attached hydrogens (tertiary/aromatic N) is 1. The zero-order valence-corrected chi connectivity index (χ0v) is 16.9. The molecule has 0 spiro atoms. The van der Waals surface area contributed by atoms with Gasteiger partial charge in [0.1, 0.15) is 18.8 Å². The largest absolute Gasteiger partial charge is 0.508 e. The molecule has 2 aromatic rings. The molecule has 8 heteroatoms. The van der Waals surface area contributed by atoms with E-state index in [-0.39, 0.29) is 25.4 Å². The van der Waals surface area contributed by atoms with Crippen molar-refractivity contribution in [3.05, 3.63) is 65.7 Å². The maximum atomic E-state index is 12.6. The van der Waals surface area contributed by atoms with Gasteiger partial charge in [-0.2, -0.15) is 0 Å². The molecule has 30 heavy (non-hydrogen) atoms. The Kier molecular flexibility index (Phi) is 8.83. The SMILES string of the molecule is CCOC(=O)C(Cc1ccc(O)cc1)N(OC)C(=O)CC(=O)OCc1ccccc1. The van der Waals surface area contributed by atoms with Gasteiger partial charge >= 0.3 is 11.9 Å². The molecule has 0 bridgehead atoms. The molecule has 0 aliphatic heterocycles. The topological polar surface area (TPSA) is 102 Å². The second kappa shape index (κ2) is 11.6. The molecule has 0 aliphatic rings. The van der Waals surface area contributed by atoms with Crippen LogP contribution >= 0.6 is 0 Å². The number of ether oxygens (including phenoxy) is 2. The molecule has 8 nitrogen and oxygen atoms in total. The lowest BCUT2D eigenvalue weighted by molar-refractivity contribution is -0.200. The molecule has 2 rings (SSSR count). The lowest BCUT2D eigenvalue weighted by Crippen LogP contribution is -2.47. The quantitative estimate of drug-likeness (QED) is 0.361. The third-order valence-electron chi connectivity index (χ3n) is 4.19. The highest BCUT2D eigenvalue weighted by molar-refractivity contribution is 5.95. The minimum atomic E-state index is -1.10. The summed E-state index contributed by atoms with van der Waals surface area (Å²) in [6.07, 6.45) is -0.510. The molecular weight excluding hydrogens is 390 g/mol. The first-order valence-electron chi connectivity index (χ1n) is 9.44. The standard InChI is InChI=1S/C22H25NO7/c1-3-29-22(27)19(13-16-9-11-18(24)12-10-16)23(28-2)20(25)14-21(26)30-15-17-7-5-4-6-8-17/h4-12,19,24H,3,13-15H2,1-2H3.